The number of nitrogen functional groups attached to an aromatic ring is 1. The van der Waals surface area contributed by atoms with E-state index in [9.17, 15) is 9.18 Å². The van der Waals surface area contributed by atoms with E-state index in [1.54, 1.807) is 7.11 Å². The summed E-state index contributed by atoms with van der Waals surface area (Å²) in [5, 5.41) is 0. The van der Waals surface area contributed by atoms with Crippen LogP contribution in [0.1, 0.15) is 10.4 Å². The summed E-state index contributed by atoms with van der Waals surface area (Å²) in [5.74, 6) is -1.22. The van der Waals surface area contributed by atoms with Crippen molar-refractivity contribution in [2.24, 2.45) is 0 Å². The second kappa shape index (κ2) is 10.1. The van der Waals surface area contributed by atoms with Gasteiger partial charge in [-0.15, -0.1) is 0 Å². The maximum absolute atomic E-state index is 13.1. The smallest absolute Gasteiger partial charge is 0.338 e. The fourth-order valence-corrected chi connectivity index (χ4v) is 1.47. The summed E-state index contributed by atoms with van der Waals surface area (Å²) in [5.41, 5.74) is 5.70. The fraction of sp³-hybridized carbons (Fsp3) is 0.500. The Hall–Kier alpha value is -1.70. The first-order valence-corrected chi connectivity index (χ1v) is 6.51. The predicted molar refractivity (Wildman–Crippen MR) is 74.6 cm³/mol. The van der Waals surface area contributed by atoms with Gasteiger partial charge in [-0.2, -0.15) is 0 Å². The van der Waals surface area contributed by atoms with Gasteiger partial charge < -0.3 is 24.7 Å². The highest BCUT2D eigenvalue weighted by atomic mass is 19.1. The van der Waals surface area contributed by atoms with Crippen LogP contribution < -0.4 is 5.73 Å². The third-order valence-electron chi connectivity index (χ3n) is 2.42. The number of hydrogen-bond acceptors (Lipinski definition) is 6. The molecule has 1 aromatic carbocycles. The normalized spacial score (nSPS) is 10.6. The number of benzene rings is 1. The lowest BCUT2D eigenvalue weighted by molar-refractivity contribution is 0.00569. The molecule has 0 aliphatic rings. The standard InChI is InChI=1S/C14H20FNO5/c1-18-2-3-19-4-5-20-6-7-21-14(17)11-8-12(15)10-13(16)9-11/h8-10H,2-7,16H2,1H3. The van der Waals surface area contributed by atoms with Gasteiger partial charge in [0.05, 0.1) is 38.6 Å². The Bertz CT molecular complexity index is 421. The van der Waals surface area contributed by atoms with E-state index in [4.69, 9.17) is 24.7 Å². The van der Waals surface area contributed by atoms with Gasteiger partial charge in [-0.3, -0.25) is 0 Å². The number of carbonyl (C=O) groups excluding carboxylic acids is 1. The van der Waals surface area contributed by atoms with Gasteiger partial charge in [0.25, 0.3) is 0 Å². The second-order valence-electron chi connectivity index (χ2n) is 4.13. The number of esters is 1. The minimum absolute atomic E-state index is 0.0767. The molecule has 0 unspecified atom stereocenters. The van der Waals surface area contributed by atoms with Crippen LogP contribution in [0.3, 0.4) is 0 Å². The lowest BCUT2D eigenvalue weighted by atomic mass is 10.2. The molecular formula is C14H20FNO5. The van der Waals surface area contributed by atoms with Gasteiger partial charge in [-0.1, -0.05) is 0 Å². The molecule has 0 saturated heterocycles. The van der Waals surface area contributed by atoms with Gasteiger partial charge in [-0.05, 0) is 18.2 Å². The Labute approximate surface area is 122 Å². The molecule has 0 fully saturated rings. The quantitative estimate of drug-likeness (QED) is 0.398. The van der Waals surface area contributed by atoms with Crippen LogP contribution in [0.15, 0.2) is 18.2 Å². The van der Waals surface area contributed by atoms with Gasteiger partial charge >= 0.3 is 5.97 Å². The molecule has 0 heterocycles. The molecule has 0 bridgehead atoms. The summed E-state index contributed by atoms with van der Waals surface area (Å²) in [6, 6.07) is 3.56. The largest absolute Gasteiger partial charge is 0.460 e. The average molecular weight is 301 g/mol. The Morgan fingerprint density at radius 3 is 2.29 bits per heavy atom. The number of methoxy groups -OCH3 is 1. The molecule has 0 amide bonds. The molecule has 1 rings (SSSR count). The van der Waals surface area contributed by atoms with E-state index in [0.29, 0.717) is 26.4 Å². The van der Waals surface area contributed by atoms with Gasteiger partial charge in [0.2, 0.25) is 0 Å². The molecule has 0 aliphatic heterocycles. The van der Waals surface area contributed by atoms with E-state index < -0.39 is 11.8 Å². The highest BCUT2D eigenvalue weighted by Gasteiger charge is 2.09. The number of hydrogen-bond donors (Lipinski definition) is 1. The monoisotopic (exact) mass is 301 g/mol. The summed E-state index contributed by atoms with van der Waals surface area (Å²) < 4.78 is 33.2. The molecule has 0 atom stereocenters. The number of ether oxygens (including phenoxy) is 4. The van der Waals surface area contributed by atoms with Crippen LogP contribution in [0.4, 0.5) is 10.1 Å². The molecule has 0 spiro atoms. The number of carbonyl (C=O) groups is 1. The maximum Gasteiger partial charge on any atom is 0.338 e. The molecule has 2 N–H and O–H groups in total. The second-order valence-corrected chi connectivity index (χ2v) is 4.13. The molecule has 0 radical (unpaired) electrons. The van der Waals surface area contributed by atoms with Crippen LogP contribution in [-0.4, -0.2) is 52.7 Å². The lowest BCUT2D eigenvalue weighted by Gasteiger charge is -2.07. The van der Waals surface area contributed by atoms with E-state index in [1.165, 1.54) is 6.07 Å². The minimum atomic E-state index is -0.638. The van der Waals surface area contributed by atoms with Gasteiger partial charge in [0.15, 0.2) is 0 Å². The van der Waals surface area contributed by atoms with E-state index in [2.05, 4.69) is 0 Å². The highest BCUT2D eigenvalue weighted by Crippen LogP contribution is 2.11. The van der Waals surface area contributed by atoms with Crippen molar-refractivity contribution in [3.63, 3.8) is 0 Å². The Kier molecular flexibility index (Phi) is 8.34. The summed E-state index contributed by atoms with van der Waals surface area (Å²) in [4.78, 5) is 11.6. The van der Waals surface area contributed by atoms with Crippen molar-refractivity contribution in [3.8, 4) is 0 Å². The van der Waals surface area contributed by atoms with Crippen molar-refractivity contribution in [2.75, 3.05) is 52.5 Å². The highest BCUT2D eigenvalue weighted by molar-refractivity contribution is 5.90. The van der Waals surface area contributed by atoms with Crippen molar-refractivity contribution in [1.29, 1.82) is 0 Å². The van der Waals surface area contributed by atoms with Crippen molar-refractivity contribution in [3.05, 3.63) is 29.6 Å². The van der Waals surface area contributed by atoms with Crippen LogP contribution in [0.2, 0.25) is 0 Å². The fourth-order valence-electron chi connectivity index (χ4n) is 1.47. The zero-order chi connectivity index (χ0) is 15.5. The zero-order valence-electron chi connectivity index (χ0n) is 12.0. The van der Waals surface area contributed by atoms with Crippen LogP contribution in [0, 0.1) is 5.82 Å². The van der Waals surface area contributed by atoms with Crippen LogP contribution in [-0.2, 0) is 18.9 Å². The SMILES string of the molecule is COCCOCCOCCOC(=O)c1cc(N)cc(F)c1. The molecule has 21 heavy (non-hydrogen) atoms. The van der Waals surface area contributed by atoms with Crippen molar-refractivity contribution in [2.45, 2.75) is 0 Å². The molecular weight excluding hydrogens is 281 g/mol. The first-order chi connectivity index (χ1) is 10.1. The third kappa shape index (κ3) is 7.60. The van der Waals surface area contributed by atoms with E-state index >= 15 is 0 Å². The first kappa shape index (κ1) is 17.4. The molecule has 0 saturated carbocycles. The molecule has 6 nitrogen and oxygen atoms in total. The maximum atomic E-state index is 13.1. The zero-order valence-corrected chi connectivity index (χ0v) is 12.0. The number of anilines is 1. The predicted octanol–water partition coefficient (Wildman–Crippen LogP) is 1.24. The summed E-state index contributed by atoms with van der Waals surface area (Å²) >= 11 is 0. The number of rotatable bonds is 10. The minimum Gasteiger partial charge on any atom is -0.460 e. The van der Waals surface area contributed by atoms with Crippen LogP contribution in [0.5, 0.6) is 0 Å². The Balaban J connectivity index is 2.11. The topological polar surface area (TPSA) is 80.0 Å². The summed E-state index contributed by atoms with van der Waals surface area (Å²) in [6.07, 6.45) is 0. The van der Waals surface area contributed by atoms with Crippen LogP contribution in [0.25, 0.3) is 0 Å². The van der Waals surface area contributed by atoms with E-state index in [-0.39, 0.29) is 24.5 Å². The van der Waals surface area contributed by atoms with Crippen molar-refractivity contribution < 1.29 is 28.1 Å². The summed E-state index contributed by atoms with van der Waals surface area (Å²) in [6.45, 7) is 2.20. The van der Waals surface area contributed by atoms with E-state index in [1.807, 2.05) is 0 Å². The van der Waals surface area contributed by atoms with Crippen LogP contribution >= 0.6 is 0 Å². The molecule has 0 aliphatic carbocycles. The Morgan fingerprint density at radius 2 is 1.67 bits per heavy atom. The molecule has 0 aromatic heterocycles. The Morgan fingerprint density at radius 1 is 1.05 bits per heavy atom. The number of nitrogens with two attached hydrogens (primary N) is 1. The molecule has 7 heteroatoms. The van der Waals surface area contributed by atoms with Gasteiger partial charge in [-0.25, -0.2) is 9.18 Å². The lowest BCUT2D eigenvalue weighted by Crippen LogP contribution is -2.14. The van der Waals surface area contributed by atoms with Gasteiger partial charge in [0.1, 0.15) is 12.4 Å². The van der Waals surface area contributed by atoms with E-state index in [0.717, 1.165) is 12.1 Å². The molecule has 1 aromatic rings. The third-order valence-corrected chi connectivity index (χ3v) is 2.42. The molecule has 118 valence electrons. The van der Waals surface area contributed by atoms with Gasteiger partial charge in [0, 0.05) is 12.8 Å². The van der Waals surface area contributed by atoms with Crippen molar-refractivity contribution in [1.82, 2.24) is 0 Å². The van der Waals surface area contributed by atoms with Crippen molar-refractivity contribution >= 4 is 11.7 Å². The summed E-state index contributed by atoms with van der Waals surface area (Å²) in [7, 11) is 1.60. The first-order valence-electron chi connectivity index (χ1n) is 6.51. The number of halogens is 1. The average Bonchev–Trinajstić information content (AvgIpc) is 2.44.